The first kappa shape index (κ1) is 12.7. The van der Waals surface area contributed by atoms with Gasteiger partial charge in [-0.1, -0.05) is 12.1 Å². The number of rotatable bonds is 3. The third-order valence-electron chi connectivity index (χ3n) is 2.84. The highest BCUT2D eigenvalue weighted by Gasteiger charge is 2.07. The lowest BCUT2D eigenvalue weighted by atomic mass is 10.1. The topological polar surface area (TPSA) is 50.7 Å². The second-order valence-corrected chi connectivity index (χ2v) is 4.57. The zero-order chi connectivity index (χ0) is 13.8. The molecule has 0 amide bonds. The standard InChI is InChI=1S/C15H11BrN4/c16-20-15-9-12(11-4-3-6-17-10-11)8-14(19-15)13-5-1-2-7-18-13/h1-10H,(H,19,20). The smallest absolute Gasteiger partial charge is 0.137 e. The fraction of sp³-hybridized carbons (Fsp3) is 0. The number of nitrogens with zero attached hydrogens (tertiary/aromatic N) is 3. The highest BCUT2D eigenvalue weighted by Crippen LogP contribution is 2.26. The van der Waals surface area contributed by atoms with E-state index >= 15 is 0 Å². The molecule has 0 unspecified atom stereocenters. The molecule has 3 aromatic rings. The van der Waals surface area contributed by atoms with E-state index in [0.717, 1.165) is 28.3 Å². The van der Waals surface area contributed by atoms with Gasteiger partial charge < -0.3 is 4.34 Å². The van der Waals surface area contributed by atoms with Crippen molar-refractivity contribution in [3.05, 3.63) is 61.1 Å². The lowest BCUT2D eigenvalue weighted by Gasteiger charge is -2.07. The van der Waals surface area contributed by atoms with Crippen molar-refractivity contribution in [1.82, 2.24) is 15.0 Å². The van der Waals surface area contributed by atoms with Gasteiger partial charge in [0.1, 0.15) is 5.82 Å². The van der Waals surface area contributed by atoms with Gasteiger partial charge in [-0.15, -0.1) is 0 Å². The van der Waals surface area contributed by atoms with Crippen LogP contribution in [0.2, 0.25) is 0 Å². The Labute approximate surface area is 125 Å². The minimum Gasteiger partial charge on any atom is -0.307 e. The van der Waals surface area contributed by atoms with Gasteiger partial charge in [0.25, 0.3) is 0 Å². The third kappa shape index (κ3) is 2.67. The molecule has 0 radical (unpaired) electrons. The average Bonchev–Trinajstić information content (AvgIpc) is 2.56. The van der Waals surface area contributed by atoms with E-state index in [4.69, 9.17) is 0 Å². The molecule has 4 nitrogen and oxygen atoms in total. The lowest BCUT2D eigenvalue weighted by molar-refractivity contribution is 1.25. The summed E-state index contributed by atoms with van der Waals surface area (Å²) in [5, 5.41) is 0. The predicted octanol–water partition coefficient (Wildman–Crippen LogP) is 3.93. The summed E-state index contributed by atoms with van der Waals surface area (Å²) < 4.78 is 2.90. The molecule has 3 rings (SSSR count). The molecular weight excluding hydrogens is 316 g/mol. The molecule has 0 aliphatic rings. The predicted molar refractivity (Wildman–Crippen MR) is 83.2 cm³/mol. The molecule has 3 heterocycles. The van der Waals surface area contributed by atoms with Gasteiger partial charge in [0.2, 0.25) is 0 Å². The molecule has 0 fully saturated rings. The van der Waals surface area contributed by atoms with E-state index in [1.165, 1.54) is 0 Å². The Morgan fingerprint density at radius 2 is 1.85 bits per heavy atom. The Hall–Kier alpha value is -2.27. The van der Waals surface area contributed by atoms with Gasteiger partial charge in [0.05, 0.1) is 11.4 Å². The van der Waals surface area contributed by atoms with E-state index in [1.54, 1.807) is 12.4 Å². The van der Waals surface area contributed by atoms with Crippen molar-refractivity contribution in [3.63, 3.8) is 0 Å². The van der Waals surface area contributed by atoms with E-state index in [1.807, 2.05) is 48.7 Å². The summed E-state index contributed by atoms with van der Waals surface area (Å²) in [6.45, 7) is 0. The maximum Gasteiger partial charge on any atom is 0.137 e. The normalized spacial score (nSPS) is 10.2. The number of hydrogen-bond acceptors (Lipinski definition) is 4. The molecule has 0 saturated carbocycles. The summed E-state index contributed by atoms with van der Waals surface area (Å²) in [7, 11) is 0. The SMILES string of the molecule is BrNc1cc(-c2cccnc2)cc(-c2ccccn2)n1. The third-order valence-corrected chi connectivity index (χ3v) is 3.25. The van der Waals surface area contributed by atoms with E-state index in [2.05, 4.69) is 35.4 Å². The molecule has 0 spiro atoms. The molecular formula is C15H11BrN4. The summed E-state index contributed by atoms with van der Waals surface area (Å²) in [6.07, 6.45) is 5.35. The monoisotopic (exact) mass is 326 g/mol. The Morgan fingerprint density at radius 3 is 2.55 bits per heavy atom. The first-order valence-electron chi connectivity index (χ1n) is 6.07. The zero-order valence-electron chi connectivity index (χ0n) is 10.5. The van der Waals surface area contributed by atoms with Crippen LogP contribution in [-0.2, 0) is 0 Å². The number of hydrogen-bond donors (Lipinski definition) is 1. The summed E-state index contributed by atoms with van der Waals surface area (Å²) >= 11 is 3.22. The van der Waals surface area contributed by atoms with Gasteiger partial charge in [-0.05, 0) is 35.9 Å². The second kappa shape index (κ2) is 5.79. The van der Waals surface area contributed by atoms with Crippen molar-refractivity contribution in [3.8, 4) is 22.5 Å². The zero-order valence-corrected chi connectivity index (χ0v) is 12.1. The van der Waals surface area contributed by atoms with Crippen LogP contribution >= 0.6 is 16.1 Å². The van der Waals surface area contributed by atoms with Crippen molar-refractivity contribution < 1.29 is 0 Å². The molecule has 0 aromatic carbocycles. The molecule has 0 saturated heterocycles. The Kier molecular flexibility index (Phi) is 3.69. The van der Waals surface area contributed by atoms with Gasteiger partial charge in [-0.25, -0.2) is 4.98 Å². The van der Waals surface area contributed by atoms with E-state index in [0.29, 0.717) is 0 Å². The Morgan fingerprint density at radius 1 is 0.900 bits per heavy atom. The highest BCUT2D eigenvalue weighted by atomic mass is 79.9. The van der Waals surface area contributed by atoms with Gasteiger partial charge in [0.15, 0.2) is 0 Å². The quantitative estimate of drug-likeness (QED) is 0.741. The van der Waals surface area contributed by atoms with Gasteiger partial charge in [-0.3, -0.25) is 9.97 Å². The first-order chi connectivity index (χ1) is 9.86. The van der Waals surface area contributed by atoms with Crippen molar-refractivity contribution in [2.24, 2.45) is 0 Å². The average molecular weight is 327 g/mol. The van der Waals surface area contributed by atoms with E-state index in [-0.39, 0.29) is 0 Å². The van der Waals surface area contributed by atoms with Gasteiger partial charge >= 0.3 is 0 Å². The van der Waals surface area contributed by atoms with Crippen LogP contribution in [0.1, 0.15) is 0 Å². The van der Waals surface area contributed by atoms with E-state index < -0.39 is 0 Å². The Bertz CT molecular complexity index is 644. The van der Waals surface area contributed by atoms with Crippen molar-refractivity contribution >= 4 is 22.0 Å². The molecule has 98 valence electrons. The van der Waals surface area contributed by atoms with Crippen LogP contribution in [0.5, 0.6) is 0 Å². The molecule has 0 aliphatic carbocycles. The number of anilines is 1. The van der Waals surface area contributed by atoms with Crippen LogP contribution in [0.15, 0.2) is 61.1 Å². The highest BCUT2D eigenvalue weighted by molar-refractivity contribution is 9.10. The van der Waals surface area contributed by atoms with Crippen LogP contribution in [0.4, 0.5) is 5.82 Å². The number of nitrogens with one attached hydrogen (secondary N) is 1. The molecule has 1 N–H and O–H groups in total. The largest absolute Gasteiger partial charge is 0.307 e. The van der Waals surface area contributed by atoms with Gasteiger partial charge in [0, 0.05) is 40.3 Å². The van der Waals surface area contributed by atoms with Crippen molar-refractivity contribution in [2.45, 2.75) is 0 Å². The van der Waals surface area contributed by atoms with Crippen LogP contribution in [0.3, 0.4) is 0 Å². The molecule has 5 heteroatoms. The van der Waals surface area contributed by atoms with Crippen LogP contribution in [0.25, 0.3) is 22.5 Å². The first-order valence-corrected chi connectivity index (χ1v) is 6.86. The Balaban J connectivity index is 2.13. The number of pyridine rings is 3. The molecule has 0 atom stereocenters. The fourth-order valence-corrected chi connectivity index (χ4v) is 2.13. The molecule has 0 bridgehead atoms. The molecule has 3 aromatic heterocycles. The number of halogens is 1. The summed E-state index contributed by atoms with van der Waals surface area (Å²) in [6, 6.07) is 13.7. The molecule has 20 heavy (non-hydrogen) atoms. The minimum absolute atomic E-state index is 0.729. The van der Waals surface area contributed by atoms with E-state index in [9.17, 15) is 0 Å². The maximum absolute atomic E-state index is 4.51. The second-order valence-electron chi connectivity index (χ2n) is 4.18. The summed E-state index contributed by atoms with van der Waals surface area (Å²) in [5.41, 5.74) is 3.72. The lowest BCUT2D eigenvalue weighted by Crippen LogP contribution is -1.93. The van der Waals surface area contributed by atoms with Crippen molar-refractivity contribution in [1.29, 1.82) is 0 Å². The summed E-state index contributed by atoms with van der Waals surface area (Å²) in [4.78, 5) is 13.0. The summed E-state index contributed by atoms with van der Waals surface area (Å²) in [5.74, 6) is 0.729. The van der Waals surface area contributed by atoms with Crippen LogP contribution in [-0.4, -0.2) is 15.0 Å². The molecule has 0 aliphatic heterocycles. The van der Waals surface area contributed by atoms with Gasteiger partial charge in [-0.2, -0.15) is 0 Å². The van der Waals surface area contributed by atoms with Crippen LogP contribution in [0, 0.1) is 0 Å². The fourth-order valence-electron chi connectivity index (χ4n) is 1.92. The van der Waals surface area contributed by atoms with Crippen molar-refractivity contribution in [2.75, 3.05) is 4.34 Å². The van der Waals surface area contributed by atoms with Crippen LogP contribution < -0.4 is 4.34 Å². The minimum atomic E-state index is 0.729. The number of aromatic nitrogens is 3. The maximum atomic E-state index is 4.51.